The second kappa shape index (κ2) is 5.80. The zero-order valence-corrected chi connectivity index (χ0v) is 11.8. The van der Waals surface area contributed by atoms with Crippen molar-refractivity contribution in [1.82, 2.24) is 10.2 Å². The minimum atomic E-state index is -0.389. The zero-order chi connectivity index (χ0) is 13.1. The van der Waals surface area contributed by atoms with Crippen LogP contribution in [0, 0.1) is 5.82 Å². The Bertz CT molecular complexity index is 447. The summed E-state index contributed by atoms with van der Waals surface area (Å²) in [6.07, 6.45) is 1.88. The molecular formula is C13H16BrFN2O. The number of hydrogen-bond acceptors (Lipinski definition) is 2. The molecule has 0 atom stereocenters. The minimum absolute atomic E-state index is 0.131. The number of amides is 1. The fourth-order valence-corrected chi connectivity index (χ4v) is 2.63. The average molecular weight is 315 g/mol. The van der Waals surface area contributed by atoms with E-state index in [1.54, 1.807) is 18.0 Å². The topological polar surface area (TPSA) is 32.3 Å². The third-order valence-corrected chi connectivity index (χ3v) is 4.03. The molecule has 0 spiro atoms. The molecule has 1 aromatic carbocycles. The summed E-state index contributed by atoms with van der Waals surface area (Å²) in [4.78, 5) is 14.0. The third-order valence-electron chi connectivity index (χ3n) is 3.34. The molecule has 1 N–H and O–H groups in total. The van der Waals surface area contributed by atoms with Crippen molar-refractivity contribution in [2.45, 2.75) is 18.9 Å². The summed E-state index contributed by atoms with van der Waals surface area (Å²) in [5.41, 5.74) is 0.385. The van der Waals surface area contributed by atoms with Gasteiger partial charge in [0, 0.05) is 17.6 Å². The molecule has 3 nitrogen and oxygen atoms in total. The van der Waals surface area contributed by atoms with Crippen molar-refractivity contribution in [3.8, 4) is 0 Å². The number of piperidine rings is 1. The molecule has 1 amide bonds. The molecule has 0 radical (unpaired) electrons. The van der Waals surface area contributed by atoms with E-state index in [4.69, 9.17) is 0 Å². The van der Waals surface area contributed by atoms with Gasteiger partial charge in [0.2, 0.25) is 0 Å². The van der Waals surface area contributed by atoms with Crippen molar-refractivity contribution in [2.75, 3.05) is 20.1 Å². The van der Waals surface area contributed by atoms with Crippen LogP contribution in [0.4, 0.5) is 4.39 Å². The smallest absolute Gasteiger partial charge is 0.255 e. The molecular weight excluding hydrogens is 299 g/mol. The van der Waals surface area contributed by atoms with Gasteiger partial charge < -0.3 is 10.2 Å². The zero-order valence-electron chi connectivity index (χ0n) is 10.2. The molecule has 0 aromatic heterocycles. The molecule has 2 rings (SSSR count). The van der Waals surface area contributed by atoms with Gasteiger partial charge in [-0.1, -0.05) is 0 Å². The Morgan fingerprint density at radius 3 is 2.78 bits per heavy atom. The van der Waals surface area contributed by atoms with E-state index in [-0.39, 0.29) is 17.8 Å². The van der Waals surface area contributed by atoms with Crippen molar-refractivity contribution in [3.05, 3.63) is 34.1 Å². The first-order valence-corrected chi connectivity index (χ1v) is 6.82. The Hall–Kier alpha value is -0.940. The molecule has 0 saturated carbocycles. The van der Waals surface area contributed by atoms with Gasteiger partial charge in [0.1, 0.15) is 5.82 Å². The number of nitrogens with one attached hydrogen (secondary N) is 1. The monoisotopic (exact) mass is 314 g/mol. The van der Waals surface area contributed by atoms with Crippen LogP contribution >= 0.6 is 15.9 Å². The van der Waals surface area contributed by atoms with Gasteiger partial charge in [-0.3, -0.25) is 4.79 Å². The third kappa shape index (κ3) is 2.90. The van der Waals surface area contributed by atoms with Gasteiger partial charge in [-0.25, -0.2) is 4.39 Å². The minimum Gasteiger partial charge on any atom is -0.339 e. The van der Waals surface area contributed by atoms with Crippen LogP contribution in [0.2, 0.25) is 0 Å². The lowest BCUT2D eigenvalue weighted by Crippen LogP contribution is -2.44. The van der Waals surface area contributed by atoms with Crippen LogP contribution in [0.15, 0.2) is 22.7 Å². The van der Waals surface area contributed by atoms with E-state index in [0.717, 1.165) is 25.9 Å². The maximum Gasteiger partial charge on any atom is 0.255 e. The lowest BCUT2D eigenvalue weighted by atomic mass is 10.0. The molecule has 1 aromatic rings. The van der Waals surface area contributed by atoms with E-state index in [1.165, 1.54) is 12.1 Å². The van der Waals surface area contributed by atoms with Crippen LogP contribution in [0.1, 0.15) is 23.2 Å². The van der Waals surface area contributed by atoms with Crippen LogP contribution in [-0.4, -0.2) is 37.0 Å². The molecule has 1 aliphatic rings. The number of hydrogen-bond donors (Lipinski definition) is 1. The van der Waals surface area contributed by atoms with Gasteiger partial charge >= 0.3 is 0 Å². The largest absolute Gasteiger partial charge is 0.339 e. The molecule has 1 fully saturated rings. The molecule has 5 heteroatoms. The highest BCUT2D eigenvalue weighted by Gasteiger charge is 2.24. The Kier molecular flexibility index (Phi) is 4.35. The molecule has 18 heavy (non-hydrogen) atoms. The normalized spacial score (nSPS) is 16.6. The van der Waals surface area contributed by atoms with E-state index >= 15 is 0 Å². The summed E-state index contributed by atoms with van der Waals surface area (Å²) >= 11 is 3.30. The molecule has 98 valence electrons. The number of carbonyl (C=O) groups is 1. The fourth-order valence-electron chi connectivity index (χ4n) is 2.21. The van der Waals surface area contributed by atoms with Crippen LogP contribution in [-0.2, 0) is 0 Å². The van der Waals surface area contributed by atoms with Crippen molar-refractivity contribution < 1.29 is 9.18 Å². The van der Waals surface area contributed by atoms with E-state index in [1.807, 2.05) is 0 Å². The predicted octanol–water partition coefficient (Wildman–Crippen LogP) is 2.41. The number of rotatable bonds is 2. The van der Waals surface area contributed by atoms with Crippen LogP contribution in [0.5, 0.6) is 0 Å². The first kappa shape index (κ1) is 13.5. The second-order valence-corrected chi connectivity index (χ2v) is 5.38. The molecule has 1 heterocycles. The van der Waals surface area contributed by atoms with Gasteiger partial charge in [0.05, 0.1) is 5.56 Å². The quantitative estimate of drug-likeness (QED) is 0.909. The Morgan fingerprint density at radius 1 is 1.44 bits per heavy atom. The number of halogens is 2. The molecule has 1 aliphatic heterocycles. The highest BCUT2D eigenvalue weighted by Crippen LogP contribution is 2.21. The first-order chi connectivity index (χ1) is 8.59. The molecule has 0 aliphatic carbocycles. The maximum absolute atomic E-state index is 13.2. The molecule has 0 bridgehead atoms. The standard InChI is InChI=1S/C13H16BrFN2O/c1-17(10-4-6-16-7-5-10)13(18)11-8-9(15)2-3-12(11)14/h2-3,8,10,16H,4-7H2,1H3. The highest BCUT2D eigenvalue weighted by atomic mass is 79.9. The van der Waals surface area contributed by atoms with Crippen LogP contribution in [0.25, 0.3) is 0 Å². The van der Waals surface area contributed by atoms with Crippen LogP contribution < -0.4 is 5.32 Å². The molecule has 1 saturated heterocycles. The fraction of sp³-hybridized carbons (Fsp3) is 0.462. The van der Waals surface area contributed by atoms with Gasteiger partial charge in [-0.15, -0.1) is 0 Å². The first-order valence-electron chi connectivity index (χ1n) is 6.02. The average Bonchev–Trinajstić information content (AvgIpc) is 2.41. The molecule has 0 unspecified atom stereocenters. The van der Waals surface area contributed by atoms with Crippen molar-refractivity contribution in [1.29, 1.82) is 0 Å². The van der Waals surface area contributed by atoms with Gasteiger partial charge in [0.15, 0.2) is 0 Å². The van der Waals surface area contributed by atoms with E-state index in [0.29, 0.717) is 10.0 Å². The van der Waals surface area contributed by atoms with E-state index < -0.39 is 0 Å². The highest BCUT2D eigenvalue weighted by molar-refractivity contribution is 9.10. The summed E-state index contributed by atoms with van der Waals surface area (Å²) in [5, 5.41) is 3.26. The Labute approximate surface area is 114 Å². The summed E-state index contributed by atoms with van der Waals surface area (Å²) in [5.74, 6) is -0.520. The lowest BCUT2D eigenvalue weighted by molar-refractivity contribution is 0.0702. The van der Waals surface area contributed by atoms with Crippen LogP contribution in [0.3, 0.4) is 0 Å². The Morgan fingerprint density at radius 2 is 2.11 bits per heavy atom. The summed E-state index contributed by atoms with van der Waals surface area (Å²) in [6.45, 7) is 1.85. The SMILES string of the molecule is CN(C(=O)c1cc(F)ccc1Br)C1CCNCC1. The van der Waals surface area contributed by atoms with E-state index in [2.05, 4.69) is 21.2 Å². The van der Waals surface area contributed by atoms with Crippen molar-refractivity contribution in [2.24, 2.45) is 0 Å². The second-order valence-electron chi connectivity index (χ2n) is 4.52. The number of nitrogens with zero attached hydrogens (tertiary/aromatic N) is 1. The van der Waals surface area contributed by atoms with Gasteiger partial charge in [-0.2, -0.15) is 0 Å². The van der Waals surface area contributed by atoms with Crippen molar-refractivity contribution in [3.63, 3.8) is 0 Å². The van der Waals surface area contributed by atoms with Gasteiger partial charge in [0.25, 0.3) is 5.91 Å². The summed E-state index contributed by atoms with van der Waals surface area (Å²) < 4.78 is 13.8. The summed E-state index contributed by atoms with van der Waals surface area (Å²) in [6, 6.07) is 4.42. The van der Waals surface area contributed by atoms with E-state index in [9.17, 15) is 9.18 Å². The predicted molar refractivity (Wildman–Crippen MR) is 72.1 cm³/mol. The number of benzene rings is 1. The maximum atomic E-state index is 13.2. The summed E-state index contributed by atoms with van der Waals surface area (Å²) in [7, 11) is 1.79. The lowest BCUT2D eigenvalue weighted by Gasteiger charge is -2.31. The van der Waals surface area contributed by atoms with Gasteiger partial charge in [-0.05, 0) is 60.1 Å². The number of carbonyl (C=O) groups excluding carboxylic acids is 1. The Balaban J connectivity index is 2.16. The van der Waals surface area contributed by atoms with Crippen molar-refractivity contribution >= 4 is 21.8 Å².